The van der Waals surface area contributed by atoms with E-state index >= 15 is 0 Å². The van der Waals surface area contributed by atoms with E-state index in [1.54, 1.807) is 30.3 Å². The Balaban J connectivity index is 2.44. The Labute approximate surface area is 214 Å². The predicted octanol–water partition coefficient (Wildman–Crippen LogP) is 3.09. The van der Waals surface area contributed by atoms with Gasteiger partial charge in [0.05, 0.1) is 12.8 Å². The molecule has 4 N–H and O–H groups in total. The van der Waals surface area contributed by atoms with Crippen molar-refractivity contribution in [3.8, 4) is 0 Å². The first-order chi connectivity index (χ1) is 16.3. The average molecular weight is 555 g/mol. The standard InChI is InChI=1S/C21H22Cl3NO10/c22-21(23,24)20(25)35-19-13(8-16(30)31)11(6-14(26)27)12(7-15(28)29)17(34-19)18(32)33-9-10-4-2-1-3-5-10/h1-5,11-13,17,19,25H,6-9H2,(H,26,27)(H,28,29)(H,30,31)/t11-,12-,13+,17-,19+/m0/s1. The summed E-state index contributed by atoms with van der Waals surface area (Å²) < 4.78 is 13.7. The van der Waals surface area contributed by atoms with Gasteiger partial charge >= 0.3 is 23.9 Å². The minimum absolute atomic E-state index is 0.197. The second-order valence-corrected chi connectivity index (χ2v) is 10.0. The zero-order valence-electron chi connectivity index (χ0n) is 17.9. The summed E-state index contributed by atoms with van der Waals surface area (Å²) in [5, 5.41) is 36.1. The molecule has 1 aliphatic heterocycles. The molecule has 1 heterocycles. The van der Waals surface area contributed by atoms with Crippen molar-refractivity contribution in [3.05, 3.63) is 35.9 Å². The summed E-state index contributed by atoms with van der Waals surface area (Å²) in [7, 11) is 0. The molecule has 1 saturated heterocycles. The normalized spacial score (nSPS) is 24.3. The fourth-order valence-electron chi connectivity index (χ4n) is 3.84. The quantitative estimate of drug-likeness (QED) is 0.145. The van der Waals surface area contributed by atoms with Gasteiger partial charge in [0.15, 0.2) is 6.10 Å². The number of benzene rings is 1. The van der Waals surface area contributed by atoms with Crippen molar-refractivity contribution in [2.75, 3.05) is 0 Å². The summed E-state index contributed by atoms with van der Waals surface area (Å²) in [5.74, 6) is -9.98. The minimum atomic E-state index is -2.37. The highest BCUT2D eigenvalue weighted by Crippen LogP contribution is 2.43. The van der Waals surface area contributed by atoms with E-state index in [0.717, 1.165) is 0 Å². The molecule has 2 rings (SSSR count). The van der Waals surface area contributed by atoms with Gasteiger partial charge in [0.25, 0.3) is 3.79 Å². The van der Waals surface area contributed by atoms with Crippen LogP contribution in [0.2, 0.25) is 0 Å². The number of carboxylic acid groups (broad SMARTS) is 3. The van der Waals surface area contributed by atoms with Gasteiger partial charge in [-0.1, -0.05) is 65.1 Å². The van der Waals surface area contributed by atoms with Crippen LogP contribution in [0.1, 0.15) is 24.8 Å². The van der Waals surface area contributed by atoms with Crippen LogP contribution in [0, 0.1) is 23.2 Å². The summed E-state index contributed by atoms with van der Waals surface area (Å²) in [4.78, 5) is 47.7. The third-order valence-electron chi connectivity index (χ3n) is 5.30. The summed E-state index contributed by atoms with van der Waals surface area (Å²) >= 11 is 16.9. The second kappa shape index (κ2) is 12.4. The fourth-order valence-corrected chi connectivity index (χ4v) is 3.98. The van der Waals surface area contributed by atoms with E-state index in [0.29, 0.717) is 5.56 Å². The Morgan fingerprint density at radius 1 is 0.886 bits per heavy atom. The molecule has 11 nitrogen and oxygen atoms in total. The third-order valence-corrected chi connectivity index (χ3v) is 5.81. The first-order valence-corrected chi connectivity index (χ1v) is 11.3. The van der Waals surface area contributed by atoms with Gasteiger partial charge in [0.1, 0.15) is 6.61 Å². The molecule has 0 bridgehead atoms. The van der Waals surface area contributed by atoms with Crippen molar-refractivity contribution in [3.63, 3.8) is 0 Å². The van der Waals surface area contributed by atoms with Crippen LogP contribution in [0.4, 0.5) is 0 Å². The molecular weight excluding hydrogens is 533 g/mol. The fraction of sp³-hybridized carbons (Fsp3) is 0.476. The lowest BCUT2D eigenvalue weighted by molar-refractivity contribution is -0.239. The van der Waals surface area contributed by atoms with E-state index in [1.807, 2.05) is 0 Å². The average Bonchev–Trinajstić information content (AvgIpc) is 2.74. The first kappa shape index (κ1) is 28.6. The summed E-state index contributed by atoms with van der Waals surface area (Å²) in [6, 6.07) is 8.51. The molecule has 0 aliphatic carbocycles. The van der Waals surface area contributed by atoms with E-state index in [2.05, 4.69) is 0 Å². The molecule has 192 valence electrons. The molecule has 0 amide bonds. The van der Waals surface area contributed by atoms with E-state index < -0.39 is 83.0 Å². The topological polar surface area (TPSA) is 181 Å². The number of halogens is 3. The van der Waals surface area contributed by atoms with Gasteiger partial charge in [-0.2, -0.15) is 0 Å². The number of carbonyl (C=O) groups excluding carboxylic acids is 1. The Bertz CT molecular complexity index is 952. The van der Waals surface area contributed by atoms with Crippen molar-refractivity contribution in [1.29, 1.82) is 5.41 Å². The Kier molecular flexibility index (Phi) is 10.1. The highest BCUT2D eigenvalue weighted by molar-refractivity contribution is 6.76. The van der Waals surface area contributed by atoms with Gasteiger partial charge in [0, 0.05) is 18.3 Å². The SMILES string of the molecule is N=C(O[C@H]1O[C@H](C(=O)OCc2ccccc2)[C@@H](CC(=O)O)[C@H](CC(=O)O)[C@H]1CC(=O)O)C(Cl)(Cl)Cl. The monoisotopic (exact) mass is 553 g/mol. The predicted molar refractivity (Wildman–Crippen MR) is 121 cm³/mol. The molecule has 14 heteroatoms. The highest BCUT2D eigenvalue weighted by Gasteiger charge is 2.52. The van der Waals surface area contributed by atoms with Crippen LogP contribution in [0.15, 0.2) is 30.3 Å². The van der Waals surface area contributed by atoms with Gasteiger partial charge in [-0.05, 0) is 11.5 Å². The van der Waals surface area contributed by atoms with Crippen molar-refractivity contribution in [2.24, 2.45) is 17.8 Å². The maximum atomic E-state index is 13.0. The van der Waals surface area contributed by atoms with Gasteiger partial charge < -0.3 is 29.5 Å². The molecule has 0 unspecified atom stereocenters. The molecule has 0 spiro atoms. The van der Waals surface area contributed by atoms with Crippen LogP contribution in [-0.4, -0.2) is 61.3 Å². The summed E-state index contributed by atoms with van der Waals surface area (Å²) in [6.07, 6.45) is -5.58. The van der Waals surface area contributed by atoms with Crippen LogP contribution in [-0.2, 0) is 40.0 Å². The zero-order chi connectivity index (χ0) is 26.3. The number of hydrogen-bond donors (Lipinski definition) is 4. The summed E-state index contributed by atoms with van der Waals surface area (Å²) in [5.41, 5.74) is 0.614. The number of esters is 1. The van der Waals surface area contributed by atoms with Crippen molar-refractivity contribution >= 4 is 64.6 Å². The van der Waals surface area contributed by atoms with Crippen molar-refractivity contribution in [1.82, 2.24) is 0 Å². The van der Waals surface area contributed by atoms with E-state index in [9.17, 15) is 34.5 Å². The van der Waals surface area contributed by atoms with Gasteiger partial charge in [-0.25, -0.2) is 4.79 Å². The van der Waals surface area contributed by atoms with Crippen molar-refractivity contribution < 1.29 is 48.7 Å². The molecular formula is C21H22Cl3NO10. The van der Waals surface area contributed by atoms with Crippen LogP contribution >= 0.6 is 34.8 Å². The lowest BCUT2D eigenvalue weighted by Gasteiger charge is -2.45. The van der Waals surface area contributed by atoms with Gasteiger partial charge in [0.2, 0.25) is 12.2 Å². The maximum Gasteiger partial charge on any atom is 0.336 e. The maximum absolute atomic E-state index is 13.0. The number of nitrogens with one attached hydrogen (secondary N) is 1. The van der Waals surface area contributed by atoms with Crippen LogP contribution in [0.25, 0.3) is 0 Å². The number of alkyl halides is 3. The number of hydrogen-bond acceptors (Lipinski definition) is 8. The van der Waals surface area contributed by atoms with Gasteiger partial charge in [-0.15, -0.1) is 0 Å². The van der Waals surface area contributed by atoms with Crippen LogP contribution < -0.4 is 0 Å². The number of rotatable bonds is 10. The van der Waals surface area contributed by atoms with E-state index in [-0.39, 0.29) is 6.61 Å². The largest absolute Gasteiger partial charge is 0.481 e. The molecule has 1 fully saturated rings. The van der Waals surface area contributed by atoms with E-state index in [1.165, 1.54) is 0 Å². The molecule has 1 aromatic rings. The molecule has 0 radical (unpaired) electrons. The third kappa shape index (κ3) is 8.53. The zero-order valence-corrected chi connectivity index (χ0v) is 20.2. The first-order valence-electron chi connectivity index (χ1n) is 10.1. The second-order valence-electron chi connectivity index (χ2n) is 7.75. The lowest BCUT2D eigenvalue weighted by atomic mass is 9.71. The Hall–Kier alpha value is -2.60. The highest BCUT2D eigenvalue weighted by atomic mass is 35.6. The van der Waals surface area contributed by atoms with Crippen LogP contribution in [0.5, 0.6) is 0 Å². The molecule has 0 saturated carbocycles. The number of carboxylic acids is 3. The number of ether oxygens (including phenoxy) is 3. The smallest absolute Gasteiger partial charge is 0.336 e. The molecule has 5 atom stereocenters. The Morgan fingerprint density at radius 2 is 1.40 bits per heavy atom. The minimum Gasteiger partial charge on any atom is -0.481 e. The molecule has 0 aromatic heterocycles. The lowest BCUT2D eigenvalue weighted by Crippen LogP contribution is -2.54. The van der Waals surface area contributed by atoms with Crippen molar-refractivity contribution in [2.45, 2.75) is 42.1 Å². The molecule has 35 heavy (non-hydrogen) atoms. The molecule has 1 aromatic carbocycles. The Morgan fingerprint density at radius 3 is 1.91 bits per heavy atom. The number of aliphatic carboxylic acids is 3. The van der Waals surface area contributed by atoms with Crippen LogP contribution in [0.3, 0.4) is 0 Å². The number of carbonyl (C=O) groups is 4. The van der Waals surface area contributed by atoms with Gasteiger partial charge in [-0.3, -0.25) is 19.8 Å². The van der Waals surface area contributed by atoms with E-state index in [4.69, 9.17) is 54.4 Å². The summed E-state index contributed by atoms with van der Waals surface area (Å²) in [6.45, 7) is -0.197. The molecule has 1 aliphatic rings.